The second-order valence-electron chi connectivity index (χ2n) is 11.9. The molecule has 10 nitrogen and oxygen atoms in total. The normalized spacial score (nSPS) is 21.7. The lowest BCUT2D eigenvalue weighted by molar-refractivity contribution is -0.207. The van der Waals surface area contributed by atoms with Crippen molar-refractivity contribution < 1.29 is 48.0 Å². The first kappa shape index (κ1) is 31.7. The van der Waals surface area contributed by atoms with Gasteiger partial charge in [-0.15, -0.1) is 0 Å². The van der Waals surface area contributed by atoms with Gasteiger partial charge in [0, 0.05) is 17.5 Å². The van der Waals surface area contributed by atoms with Gasteiger partial charge in [-0.05, 0) is 66.1 Å². The number of Topliss-reactive ketones (excluding diaryl/α,β-unsaturated/α-hetero) is 1. The van der Waals surface area contributed by atoms with Gasteiger partial charge in [0.2, 0.25) is 0 Å². The third kappa shape index (κ3) is 7.12. The smallest absolute Gasteiger partial charge is 0.321 e. The molecule has 6 rings (SSSR count). The maximum Gasteiger partial charge on any atom is 0.321 e. The molecule has 3 aliphatic rings. The maximum absolute atomic E-state index is 13.1. The number of carbonyl (C=O) groups is 6. The van der Waals surface area contributed by atoms with E-state index in [4.69, 9.17) is 19.2 Å². The van der Waals surface area contributed by atoms with Gasteiger partial charge in [-0.3, -0.25) is 28.8 Å². The van der Waals surface area contributed by atoms with E-state index in [9.17, 15) is 28.8 Å². The monoisotopic (exact) mass is 636 g/mol. The summed E-state index contributed by atoms with van der Waals surface area (Å²) in [5.41, 5.74) is 3.03. The maximum atomic E-state index is 13.1. The van der Waals surface area contributed by atoms with Gasteiger partial charge in [0.25, 0.3) is 0 Å². The van der Waals surface area contributed by atoms with Crippen LogP contribution in [0.3, 0.4) is 0 Å². The molecule has 3 aromatic carbocycles. The van der Waals surface area contributed by atoms with Crippen LogP contribution in [0.5, 0.6) is 5.75 Å². The fourth-order valence-corrected chi connectivity index (χ4v) is 6.43. The van der Waals surface area contributed by atoms with Crippen molar-refractivity contribution in [2.24, 2.45) is 11.8 Å². The van der Waals surface area contributed by atoms with Crippen LogP contribution in [0.25, 0.3) is 6.08 Å². The van der Waals surface area contributed by atoms with Gasteiger partial charge >= 0.3 is 23.9 Å². The van der Waals surface area contributed by atoms with Crippen molar-refractivity contribution in [1.82, 2.24) is 0 Å². The number of rotatable bonds is 13. The lowest BCUT2D eigenvalue weighted by Crippen LogP contribution is -2.31. The number of allylic oxidation sites excluding steroid dienone is 1. The summed E-state index contributed by atoms with van der Waals surface area (Å²) in [6.45, 7) is 0.326. The molecule has 0 aromatic heterocycles. The van der Waals surface area contributed by atoms with Gasteiger partial charge in [0.1, 0.15) is 0 Å². The predicted octanol–water partition coefficient (Wildman–Crippen LogP) is 5.70. The Morgan fingerprint density at radius 2 is 1.51 bits per heavy atom. The molecule has 4 atom stereocenters. The zero-order valence-electron chi connectivity index (χ0n) is 25.4. The minimum Gasteiger partial charge on any atom is -0.393 e. The summed E-state index contributed by atoms with van der Waals surface area (Å²) < 4.78 is 9.67. The van der Waals surface area contributed by atoms with E-state index < -0.39 is 47.5 Å². The van der Waals surface area contributed by atoms with Gasteiger partial charge < -0.3 is 14.4 Å². The van der Waals surface area contributed by atoms with Gasteiger partial charge in [0.05, 0.1) is 30.8 Å². The van der Waals surface area contributed by atoms with Crippen molar-refractivity contribution in [3.63, 3.8) is 0 Å². The van der Waals surface area contributed by atoms with Crippen LogP contribution in [0, 0.1) is 11.8 Å². The highest BCUT2D eigenvalue weighted by molar-refractivity contribution is 6.06. The Hall–Kier alpha value is -5.22. The number of cyclic esters (lactones) is 4. The third-order valence-corrected chi connectivity index (χ3v) is 8.85. The van der Waals surface area contributed by atoms with Crippen LogP contribution in [0.15, 0.2) is 78.9 Å². The average molecular weight is 637 g/mol. The van der Waals surface area contributed by atoms with E-state index >= 15 is 0 Å². The summed E-state index contributed by atoms with van der Waals surface area (Å²) in [4.78, 5) is 85.2. The number of ketones is 2. The van der Waals surface area contributed by atoms with Gasteiger partial charge in [0.15, 0.2) is 17.3 Å². The molecular formula is C37H32O10. The Kier molecular flexibility index (Phi) is 9.49. The van der Waals surface area contributed by atoms with Crippen molar-refractivity contribution in [2.45, 2.75) is 50.4 Å². The summed E-state index contributed by atoms with van der Waals surface area (Å²) in [5, 5.41) is 0. The van der Waals surface area contributed by atoms with Crippen LogP contribution < -0.4 is 4.89 Å². The molecule has 10 heteroatoms. The van der Waals surface area contributed by atoms with Crippen LogP contribution in [-0.4, -0.2) is 42.1 Å². The number of unbranched alkanes of at least 4 members (excludes halogenated alkanes) is 2. The van der Waals surface area contributed by atoms with E-state index in [1.807, 2.05) is 30.3 Å². The molecule has 2 saturated heterocycles. The third-order valence-electron chi connectivity index (χ3n) is 8.85. The average Bonchev–Trinajstić information content (AvgIpc) is 3.58. The van der Waals surface area contributed by atoms with Crippen molar-refractivity contribution in [1.29, 1.82) is 0 Å². The van der Waals surface area contributed by atoms with E-state index in [2.05, 4.69) is 0 Å². The zero-order valence-corrected chi connectivity index (χ0v) is 25.4. The van der Waals surface area contributed by atoms with E-state index in [-0.39, 0.29) is 30.8 Å². The number of carbonyl (C=O) groups excluding carboxylic acids is 6. The van der Waals surface area contributed by atoms with Gasteiger partial charge in [-0.25, -0.2) is 0 Å². The quantitative estimate of drug-likeness (QED) is 0.0437. The molecule has 0 saturated carbocycles. The summed E-state index contributed by atoms with van der Waals surface area (Å²) in [7, 11) is 0. The molecular weight excluding hydrogens is 604 g/mol. The van der Waals surface area contributed by atoms with Crippen molar-refractivity contribution in [3.8, 4) is 5.75 Å². The second kappa shape index (κ2) is 14.0. The summed E-state index contributed by atoms with van der Waals surface area (Å²) >= 11 is 0. The standard InChI is InChI=1S/C37H32O10/c38-31(9-5-2-6-18-44-47-25-14-10-22(11-15-25)12-17-32(39)23-7-3-1-4-8-23)24-13-16-26-27(29-21-33(40)45-35(29)41)20-30-34(28(26)19-24)37(43)46-36(30)42/h1,3-4,7-8,10-17,19,27,29-30,34H,2,5-6,9,18,20-21H2. The molecule has 0 amide bonds. The minimum atomic E-state index is -0.844. The molecule has 3 aromatic rings. The highest BCUT2D eigenvalue weighted by atomic mass is 17.2. The molecule has 0 N–H and O–H groups in total. The topological polar surface area (TPSA) is 139 Å². The Labute approximate surface area is 270 Å². The molecule has 1 aliphatic carbocycles. The number of esters is 4. The predicted molar refractivity (Wildman–Crippen MR) is 166 cm³/mol. The number of hydrogen-bond donors (Lipinski definition) is 0. The van der Waals surface area contributed by atoms with Crippen molar-refractivity contribution in [3.05, 3.63) is 107 Å². The van der Waals surface area contributed by atoms with E-state index in [0.29, 0.717) is 53.9 Å². The first-order valence-electron chi connectivity index (χ1n) is 15.6. The molecule has 0 spiro atoms. The Bertz CT molecular complexity index is 1740. The van der Waals surface area contributed by atoms with Crippen molar-refractivity contribution in [2.75, 3.05) is 6.61 Å². The van der Waals surface area contributed by atoms with Gasteiger partial charge in [-0.1, -0.05) is 67.1 Å². The summed E-state index contributed by atoms with van der Waals surface area (Å²) in [6.07, 6.45) is 5.60. The molecule has 0 bridgehead atoms. The van der Waals surface area contributed by atoms with Crippen molar-refractivity contribution >= 4 is 41.5 Å². The molecule has 240 valence electrons. The number of fused-ring (bicyclic) bond motifs is 3. The second-order valence-corrected chi connectivity index (χ2v) is 11.9. The molecule has 2 fully saturated rings. The Morgan fingerprint density at radius 3 is 2.26 bits per heavy atom. The number of benzene rings is 3. The van der Waals surface area contributed by atoms with Gasteiger partial charge in [-0.2, -0.15) is 4.89 Å². The Balaban J connectivity index is 0.964. The number of hydrogen-bond acceptors (Lipinski definition) is 10. The fourth-order valence-electron chi connectivity index (χ4n) is 6.43. The van der Waals surface area contributed by atoms with E-state index in [1.54, 1.807) is 48.5 Å². The van der Waals surface area contributed by atoms with Crippen LogP contribution in [0.4, 0.5) is 0 Å². The zero-order chi connectivity index (χ0) is 32.9. The Morgan fingerprint density at radius 1 is 0.745 bits per heavy atom. The van der Waals surface area contributed by atoms with Crippen LogP contribution in [-0.2, 0) is 33.5 Å². The van der Waals surface area contributed by atoms with Crippen LogP contribution >= 0.6 is 0 Å². The summed E-state index contributed by atoms with van der Waals surface area (Å²) in [5.74, 6) is -5.12. The highest BCUT2D eigenvalue weighted by Crippen LogP contribution is 2.51. The lowest BCUT2D eigenvalue weighted by Gasteiger charge is -2.33. The van der Waals surface area contributed by atoms with Crippen LogP contribution in [0.2, 0.25) is 0 Å². The molecule has 2 aliphatic heterocycles. The van der Waals surface area contributed by atoms with Crippen LogP contribution in [0.1, 0.15) is 87.8 Å². The van der Waals surface area contributed by atoms with E-state index in [1.165, 1.54) is 6.08 Å². The summed E-state index contributed by atoms with van der Waals surface area (Å²) in [6, 6.07) is 21.2. The molecule has 2 heterocycles. The molecule has 0 radical (unpaired) electrons. The number of ether oxygens (including phenoxy) is 2. The fraction of sp³-hybridized carbons (Fsp3) is 0.297. The molecule has 4 unspecified atom stereocenters. The first-order chi connectivity index (χ1) is 22.8. The SMILES string of the molecule is O=C1CC(C2CC3C(=O)OC(=O)C3c3cc(C(=O)CCCCCOOc4ccc(C=CC(=O)c5ccccc5)cc4)ccc32)C(=O)O1. The van der Waals surface area contributed by atoms with E-state index in [0.717, 1.165) is 5.56 Å². The molecule has 47 heavy (non-hydrogen) atoms. The minimum absolute atomic E-state index is 0.0767. The highest BCUT2D eigenvalue weighted by Gasteiger charge is 2.53. The largest absolute Gasteiger partial charge is 0.393 e. The first-order valence-corrected chi connectivity index (χ1v) is 15.6. The lowest BCUT2D eigenvalue weighted by atomic mass is 9.66.